The van der Waals surface area contributed by atoms with E-state index >= 15 is 0 Å². The second kappa shape index (κ2) is 9.30. The Bertz CT molecular complexity index is 1050. The van der Waals surface area contributed by atoms with Crippen molar-refractivity contribution in [3.8, 4) is 0 Å². The summed E-state index contributed by atoms with van der Waals surface area (Å²) >= 11 is 1.47. The lowest BCUT2D eigenvalue weighted by Gasteiger charge is -2.22. The monoisotopic (exact) mass is 434 g/mol. The van der Waals surface area contributed by atoms with E-state index in [1.54, 1.807) is 11.0 Å². The molecule has 2 aromatic carbocycles. The van der Waals surface area contributed by atoms with Gasteiger partial charge < -0.3 is 4.90 Å². The number of benzene rings is 2. The molecule has 29 heavy (non-hydrogen) atoms. The summed E-state index contributed by atoms with van der Waals surface area (Å²) in [7, 11) is 3.86. The molecule has 1 heterocycles. The van der Waals surface area contributed by atoms with Crippen molar-refractivity contribution in [3.63, 3.8) is 0 Å². The summed E-state index contributed by atoms with van der Waals surface area (Å²) in [5, 5.41) is 11.7. The lowest BCUT2D eigenvalue weighted by atomic mass is 10.1. The first-order valence-corrected chi connectivity index (χ1v) is 9.67. The largest absolute Gasteiger partial charge is 0.308 e. The van der Waals surface area contributed by atoms with Crippen molar-refractivity contribution >= 4 is 50.7 Å². The Kier molecular flexibility index (Phi) is 7.29. The maximum atomic E-state index is 13.2. The smallest absolute Gasteiger partial charge is 0.270 e. The molecule has 3 rings (SSSR count). The molecule has 0 N–H and O–H groups in total. The summed E-state index contributed by atoms with van der Waals surface area (Å²) in [6.07, 6.45) is 0. The molecule has 0 atom stereocenters. The van der Waals surface area contributed by atoms with Gasteiger partial charge in [0.15, 0.2) is 5.13 Å². The first kappa shape index (κ1) is 22.7. The highest BCUT2D eigenvalue weighted by Crippen LogP contribution is 2.33. The number of nitro groups is 1. The van der Waals surface area contributed by atoms with E-state index in [0.29, 0.717) is 18.2 Å². The molecule has 0 saturated carbocycles. The summed E-state index contributed by atoms with van der Waals surface area (Å²) in [5.41, 5.74) is 3.27. The van der Waals surface area contributed by atoms with Gasteiger partial charge in [0.2, 0.25) is 0 Å². The molecule has 1 aromatic heterocycles. The summed E-state index contributed by atoms with van der Waals surface area (Å²) in [4.78, 5) is 32.1. The van der Waals surface area contributed by atoms with E-state index in [9.17, 15) is 14.9 Å². The summed E-state index contributed by atoms with van der Waals surface area (Å²) in [6, 6.07) is 9.92. The van der Waals surface area contributed by atoms with Gasteiger partial charge in [-0.1, -0.05) is 23.5 Å². The third-order valence-corrected chi connectivity index (χ3v) is 5.59. The van der Waals surface area contributed by atoms with Crippen molar-refractivity contribution in [2.45, 2.75) is 13.8 Å². The lowest BCUT2D eigenvalue weighted by molar-refractivity contribution is -0.384. The van der Waals surface area contributed by atoms with Gasteiger partial charge in [-0.15, -0.1) is 12.4 Å². The number of carbonyl (C=O) groups excluding carboxylic acids is 1. The lowest BCUT2D eigenvalue weighted by Crippen LogP contribution is -2.36. The molecule has 0 aliphatic carbocycles. The number of likely N-dealkylation sites (N-methyl/N-ethyl adjacent to an activating group) is 1. The normalized spacial score (nSPS) is 10.8. The van der Waals surface area contributed by atoms with Crippen molar-refractivity contribution in [1.29, 1.82) is 0 Å². The first-order valence-electron chi connectivity index (χ1n) is 8.85. The second-order valence-corrected chi connectivity index (χ2v) is 7.97. The number of amides is 1. The van der Waals surface area contributed by atoms with Crippen LogP contribution in [0.1, 0.15) is 21.5 Å². The van der Waals surface area contributed by atoms with E-state index in [-0.39, 0.29) is 29.6 Å². The molecule has 1 amide bonds. The molecule has 0 aliphatic heterocycles. The summed E-state index contributed by atoms with van der Waals surface area (Å²) < 4.78 is 1.04. The number of carbonyl (C=O) groups is 1. The second-order valence-electron chi connectivity index (χ2n) is 6.99. The van der Waals surface area contributed by atoms with Crippen LogP contribution in [0.15, 0.2) is 36.4 Å². The van der Waals surface area contributed by atoms with Crippen molar-refractivity contribution in [2.24, 2.45) is 0 Å². The Morgan fingerprint density at radius 1 is 1.17 bits per heavy atom. The van der Waals surface area contributed by atoms with Gasteiger partial charge in [0.25, 0.3) is 11.6 Å². The zero-order chi connectivity index (χ0) is 20.4. The molecule has 3 aromatic rings. The molecule has 154 valence electrons. The number of non-ortho nitro benzene ring substituents is 1. The number of anilines is 1. The van der Waals surface area contributed by atoms with E-state index in [1.807, 2.05) is 38.9 Å². The number of aryl methyl sites for hydroxylation is 2. The first-order chi connectivity index (χ1) is 13.3. The molecule has 7 nitrogen and oxygen atoms in total. The third-order valence-electron chi connectivity index (χ3n) is 4.36. The topological polar surface area (TPSA) is 79.6 Å². The zero-order valence-electron chi connectivity index (χ0n) is 16.7. The number of fused-ring (bicyclic) bond motifs is 1. The van der Waals surface area contributed by atoms with Crippen LogP contribution in [0.4, 0.5) is 10.8 Å². The van der Waals surface area contributed by atoms with Crippen LogP contribution >= 0.6 is 23.7 Å². The minimum Gasteiger partial charge on any atom is -0.308 e. The average molecular weight is 435 g/mol. The molecule has 0 fully saturated rings. The minimum atomic E-state index is -0.495. The number of rotatable bonds is 6. The predicted octanol–water partition coefficient (Wildman–Crippen LogP) is 4.45. The number of nitrogens with zero attached hydrogens (tertiary/aromatic N) is 4. The van der Waals surface area contributed by atoms with Gasteiger partial charge in [0, 0.05) is 30.8 Å². The summed E-state index contributed by atoms with van der Waals surface area (Å²) in [5.74, 6) is -0.293. The van der Waals surface area contributed by atoms with Crippen LogP contribution in [0.2, 0.25) is 0 Å². The number of nitro benzene ring substituents is 1. The fraction of sp³-hybridized carbons (Fsp3) is 0.300. The highest BCUT2D eigenvalue weighted by molar-refractivity contribution is 7.22. The van der Waals surface area contributed by atoms with Gasteiger partial charge in [0.1, 0.15) is 0 Å². The Balaban J connectivity index is 0.00000300. The average Bonchev–Trinajstić information content (AvgIpc) is 3.05. The van der Waals surface area contributed by atoms with Gasteiger partial charge in [-0.05, 0) is 51.2 Å². The molecule has 0 radical (unpaired) electrons. The standard InChI is InChI=1S/C20H22N4O3S.ClH/c1-13-10-14(2)18-17(11-13)21-20(28-18)23(9-8-22(3)4)19(25)15-6-5-7-16(12-15)24(26)27;/h5-7,10-12H,8-9H2,1-4H3;1H. The van der Waals surface area contributed by atoms with E-state index in [1.165, 1.54) is 29.5 Å². The van der Waals surface area contributed by atoms with Gasteiger partial charge in [-0.3, -0.25) is 19.8 Å². The fourth-order valence-corrected chi connectivity index (χ4v) is 4.01. The minimum absolute atomic E-state index is 0. The Hall–Kier alpha value is -2.55. The molecule has 0 spiro atoms. The molecule has 0 bridgehead atoms. The summed E-state index contributed by atoms with van der Waals surface area (Å²) in [6.45, 7) is 5.13. The van der Waals surface area contributed by atoms with Crippen molar-refractivity contribution < 1.29 is 9.72 Å². The number of hydrogen-bond acceptors (Lipinski definition) is 6. The van der Waals surface area contributed by atoms with Gasteiger partial charge >= 0.3 is 0 Å². The molecule has 0 aliphatic rings. The van der Waals surface area contributed by atoms with Crippen molar-refractivity contribution in [3.05, 3.63) is 63.2 Å². The SMILES string of the molecule is Cc1cc(C)c2sc(N(CCN(C)C)C(=O)c3cccc([N+](=O)[O-])c3)nc2c1.Cl. The Labute approximate surface area is 179 Å². The van der Waals surface area contributed by atoms with Crippen LogP contribution in [0, 0.1) is 24.0 Å². The van der Waals surface area contributed by atoms with Crippen LogP contribution in [0.3, 0.4) is 0 Å². The van der Waals surface area contributed by atoms with E-state index in [4.69, 9.17) is 0 Å². The third kappa shape index (κ3) is 5.09. The molecule has 0 unspecified atom stereocenters. The molecule has 0 saturated heterocycles. The maximum absolute atomic E-state index is 13.2. The highest BCUT2D eigenvalue weighted by atomic mass is 35.5. The van der Waals surface area contributed by atoms with Crippen LogP contribution in [0.5, 0.6) is 0 Å². The number of hydrogen-bond donors (Lipinski definition) is 0. The van der Waals surface area contributed by atoms with Gasteiger partial charge in [-0.25, -0.2) is 4.98 Å². The number of thiazole rings is 1. The number of halogens is 1. The van der Waals surface area contributed by atoms with Crippen LogP contribution < -0.4 is 4.90 Å². The maximum Gasteiger partial charge on any atom is 0.270 e. The molecular weight excluding hydrogens is 412 g/mol. The quantitative estimate of drug-likeness (QED) is 0.423. The predicted molar refractivity (Wildman–Crippen MR) is 120 cm³/mol. The Morgan fingerprint density at radius 3 is 2.55 bits per heavy atom. The van der Waals surface area contributed by atoms with Crippen molar-refractivity contribution in [1.82, 2.24) is 9.88 Å². The highest BCUT2D eigenvalue weighted by Gasteiger charge is 2.23. The Morgan fingerprint density at radius 2 is 1.90 bits per heavy atom. The molecule has 9 heteroatoms. The number of aromatic nitrogens is 1. The van der Waals surface area contributed by atoms with E-state index < -0.39 is 4.92 Å². The van der Waals surface area contributed by atoms with E-state index in [0.717, 1.165) is 21.3 Å². The van der Waals surface area contributed by atoms with Gasteiger partial charge in [-0.2, -0.15) is 0 Å². The van der Waals surface area contributed by atoms with Crippen LogP contribution in [0.25, 0.3) is 10.2 Å². The van der Waals surface area contributed by atoms with Gasteiger partial charge in [0.05, 0.1) is 15.1 Å². The van der Waals surface area contributed by atoms with Crippen molar-refractivity contribution in [2.75, 3.05) is 32.1 Å². The van der Waals surface area contributed by atoms with Crippen LogP contribution in [-0.4, -0.2) is 47.9 Å². The van der Waals surface area contributed by atoms with Crippen LogP contribution in [-0.2, 0) is 0 Å². The van der Waals surface area contributed by atoms with E-state index in [2.05, 4.69) is 11.1 Å². The zero-order valence-corrected chi connectivity index (χ0v) is 18.3. The molecular formula is C20H23ClN4O3S. The fourth-order valence-electron chi connectivity index (χ4n) is 2.97.